The number of nitrogens with one attached hydrogen (secondary N) is 2. The summed E-state index contributed by atoms with van der Waals surface area (Å²) in [5, 5.41) is 6.62. The molecule has 0 bridgehead atoms. The maximum absolute atomic E-state index is 4.84. The van der Waals surface area contributed by atoms with E-state index in [-0.39, 0.29) is 0 Å². The molecule has 0 saturated carbocycles. The fraction of sp³-hybridized carbons (Fsp3) is 0.273. The minimum atomic E-state index is 0.620. The Morgan fingerprint density at radius 1 is 1.14 bits per heavy atom. The van der Waals surface area contributed by atoms with E-state index < -0.39 is 0 Å². The second-order valence-corrected chi connectivity index (χ2v) is 8.34. The maximum atomic E-state index is 4.84. The lowest BCUT2D eigenvalue weighted by atomic mass is 10.2. The quantitative estimate of drug-likeness (QED) is 0.484. The molecule has 1 aromatic carbocycles. The fourth-order valence-corrected chi connectivity index (χ4v) is 4.72. The Morgan fingerprint density at radius 2 is 2.04 bits per heavy atom. The van der Waals surface area contributed by atoms with E-state index in [9.17, 15) is 0 Å². The highest BCUT2D eigenvalue weighted by Gasteiger charge is 2.14. The van der Waals surface area contributed by atoms with Crippen LogP contribution in [0.5, 0.6) is 0 Å². The predicted octanol–water partition coefficient (Wildman–Crippen LogP) is 5.33. The number of aromatic nitrogens is 3. The van der Waals surface area contributed by atoms with Crippen molar-refractivity contribution in [3.63, 3.8) is 0 Å². The van der Waals surface area contributed by atoms with E-state index in [1.54, 1.807) is 11.3 Å². The average Bonchev–Trinajstić information content (AvgIpc) is 3.43. The molecule has 4 heterocycles. The standard InChI is InChI=1S/C22H23N5S/c1-15-11-19(28-14-15)20-18-7-8-23-21(18)26-22(25-20)24-17-6-4-5-16(12-17)13-27-9-2-3-10-27/h4-8,11-12,14H,2-3,9-10,13H2,1H3,(H2,23,24,25,26). The summed E-state index contributed by atoms with van der Waals surface area (Å²) in [6.45, 7) is 5.52. The van der Waals surface area contributed by atoms with Crippen molar-refractivity contribution in [1.29, 1.82) is 0 Å². The molecule has 1 aliphatic rings. The molecule has 1 fully saturated rings. The number of fused-ring (bicyclic) bond motifs is 1. The van der Waals surface area contributed by atoms with Crippen LogP contribution in [-0.4, -0.2) is 32.9 Å². The molecule has 4 aromatic rings. The van der Waals surface area contributed by atoms with Crippen molar-refractivity contribution in [1.82, 2.24) is 19.9 Å². The Morgan fingerprint density at radius 3 is 2.86 bits per heavy atom. The van der Waals surface area contributed by atoms with E-state index in [4.69, 9.17) is 4.98 Å². The highest BCUT2D eigenvalue weighted by molar-refractivity contribution is 7.13. The van der Waals surface area contributed by atoms with Gasteiger partial charge in [-0.2, -0.15) is 4.98 Å². The summed E-state index contributed by atoms with van der Waals surface area (Å²) in [6.07, 6.45) is 4.55. The van der Waals surface area contributed by atoms with Crippen molar-refractivity contribution in [2.75, 3.05) is 18.4 Å². The zero-order valence-electron chi connectivity index (χ0n) is 15.9. The molecule has 3 aromatic heterocycles. The van der Waals surface area contributed by atoms with E-state index in [1.165, 1.54) is 37.1 Å². The van der Waals surface area contributed by atoms with Gasteiger partial charge < -0.3 is 10.3 Å². The van der Waals surface area contributed by atoms with E-state index in [1.807, 2.05) is 12.3 Å². The monoisotopic (exact) mass is 389 g/mol. The Kier molecular flexibility index (Phi) is 4.58. The van der Waals surface area contributed by atoms with Gasteiger partial charge in [0.1, 0.15) is 5.65 Å². The Labute approximate surface area is 168 Å². The second kappa shape index (κ2) is 7.37. The molecule has 0 aliphatic carbocycles. The number of aromatic amines is 1. The lowest BCUT2D eigenvalue weighted by Gasteiger charge is -2.15. The van der Waals surface area contributed by atoms with Gasteiger partial charge in [-0.1, -0.05) is 12.1 Å². The second-order valence-electron chi connectivity index (χ2n) is 7.43. The molecule has 0 radical (unpaired) electrons. The van der Waals surface area contributed by atoms with Crippen LogP contribution < -0.4 is 5.32 Å². The number of aryl methyl sites for hydroxylation is 1. The van der Waals surface area contributed by atoms with Crippen LogP contribution in [0.15, 0.2) is 48.0 Å². The van der Waals surface area contributed by atoms with E-state index in [0.717, 1.165) is 33.8 Å². The molecule has 0 spiro atoms. The summed E-state index contributed by atoms with van der Waals surface area (Å²) in [6, 6.07) is 12.8. The number of nitrogens with zero attached hydrogens (tertiary/aromatic N) is 3. The first-order valence-electron chi connectivity index (χ1n) is 9.73. The molecular weight excluding hydrogens is 366 g/mol. The maximum Gasteiger partial charge on any atom is 0.229 e. The van der Waals surface area contributed by atoms with Gasteiger partial charge in [0, 0.05) is 23.8 Å². The SMILES string of the molecule is Cc1csc(-c2nc(Nc3cccc(CN4CCCC4)c3)nc3[nH]ccc23)c1. The summed E-state index contributed by atoms with van der Waals surface area (Å²) in [7, 11) is 0. The van der Waals surface area contributed by atoms with Gasteiger partial charge in [-0.15, -0.1) is 11.3 Å². The zero-order valence-corrected chi connectivity index (χ0v) is 16.7. The summed E-state index contributed by atoms with van der Waals surface area (Å²) in [5.41, 5.74) is 5.43. The number of hydrogen-bond acceptors (Lipinski definition) is 5. The minimum absolute atomic E-state index is 0.620. The molecule has 142 valence electrons. The van der Waals surface area contributed by atoms with Crippen LogP contribution in [0, 0.1) is 6.92 Å². The zero-order chi connectivity index (χ0) is 18.9. The first-order chi connectivity index (χ1) is 13.7. The van der Waals surface area contributed by atoms with Gasteiger partial charge in [0.15, 0.2) is 0 Å². The fourth-order valence-electron chi connectivity index (χ4n) is 3.82. The van der Waals surface area contributed by atoms with Crippen molar-refractivity contribution in [3.05, 3.63) is 59.1 Å². The number of likely N-dealkylation sites (tertiary alicyclic amines) is 1. The van der Waals surface area contributed by atoms with E-state index in [0.29, 0.717) is 5.95 Å². The Hall–Kier alpha value is -2.70. The van der Waals surface area contributed by atoms with Crippen LogP contribution in [0.25, 0.3) is 21.6 Å². The first-order valence-corrected chi connectivity index (χ1v) is 10.6. The van der Waals surface area contributed by atoms with Gasteiger partial charge in [-0.05, 0) is 73.6 Å². The molecular formula is C22H23N5S. The first kappa shape index (κ1) is 17.4. The molecule has 28 heavy (non-hydrogen) atoms. The highest BCUT2D eigenvalue weighted by Crippen LogP contribution is 2.32. The van der Waals surface area contributed by atoms with Crippen molar-refractivity contribution in [3.8, 4) is 10.6 Å². The summed E-state index contributed by atoms with van der Waals surface area (Å²) < 4.78 is 0. The lowest BCUT2D eigenvalue weighted by molar-refractivity contribution is 0.331. The van der Waals surface area contributed by atoms with Crippen molar-refractivity contribution in [2.24, 2.45) is 0 Å². The van der Waals surface area contributed by atoms with Gasteiger partial charge in [0.05, 0.1) is 10.6 Å². The molecule has 0 amide bonds. The van der Waals surface area contributed by atoms with Gasteiger partial charge in [0.25, 0.3) is 0 Å². The topological polar surface area (TPSA) is 56.8 Å². The number of rotatable bonds is 5. The third-order valence-electron chi connectivity index (χ3n) is 5.17. The van der Waals surface area contributed by atoms with Crippen LogP contribution in [0.4, 0.5) is 11.6 Å². The van der Waals surface area contributed by atoms with Crippen LogP contribution in [0.1, 0.15) is 24.0 Å². The molecule has 5 nitrogen and oxygen atoms in total. The summed E-state index contributed by atoms with van der Waals surface area (Å²) in [5.74, 6) is 0.620. The highest BCUT2D eigenvalue weighted by atomic mass is 32.1. The summed E-state index contributed by atoms with van der Waals surface area (Å²) >= 11 is 1.72. The van der Waals surface area contributed by atoms with Gasteiger partial charge in [-0.3, -0.25) is 4.90 Å². The molecule has 5 rings (SSSR count). The summed E-state index contributed by atoms with van der Waals surface area (Å²) in [4.78, 5) is 16.4. The molecule has 1 saturated heterocycles. The van der Waals surface area contributed by atoms with E-state index in [2.05, 4.69) is 62.8 Å². The molecule has 1 aliphatic heterocycles. The molecule has 0 unspecified atom stereocenters. The number of H-pyrrole nitrogens is 1. The van der Waals surface area contributed by atoms with Crippen LogP contribution in [0.3, 0.4) is 0 Å². The average molecular weight is 390 g/mol. The minimum Gasteiger partial charge on any atom is -0.346 e. The van der Waals surface area contributed by atoms with Crippen molar-refractivity contribution < 1.29 is 0 Å². The lowest BCUT2D eigenvalue weighted by Crippen LogP contribution is -2.18. The number of thiophene rings is 1. The van der Waals surface area contributed by atoms with Crippen LogP contribution >= 0.6 is 11.3 Å². The molecule has 0 atom stereocenters. The largest absolute Gasteiger partial charge is 0.346 e. The Balaban J connectivity index is 1.45. The van der Waals surface area contributed by atoms with Crippen molar-refractivity contribution >= 4 is 34.0 Å². The molecule has 2 N–H and O–H groups in total. The van der Waals surface area contributed by atoms with Gasteiger partial charge >= 0.3 is 0 Å². The van der Waals surface area contributed by atoms with Crippen LogP contribution in [-0.2, 0) is 6.54 Å². The number of benzene rings is 1. The number of anilines is 2. The van der Waals surface area contributed by atoms with Gasteiger partial charge in [0.2, 0.25) is 5.95 Å². The van der Waals surface area contributed by atoms with E-state index >= 15 is 0 Å². The molecule has 6 heteroatoms. The Bertz CT molecular complexity index is 1110. The third-order valence-corrected chi connectivity index (χ3v) is 6.22. The number of hydrogen-bond donors (Lipinski definition) is 2. The third kappa shape index (κ3) is 3.53. The smallest absolute Gasteiger partial charge is 0.229 e. The van der Waals surface area contributed by atoms with Gasteiger partial charge in [-0.25, -0.2) is 4.98 Å². The predicted molar refractivity (Wildman–Crippen MR) is 116 cm³/mol. The van der Waals surface area contributed by atoms with Crippen molar-refractivity contribution in [2.45, 2.75) is 26.3 Å². The van der Waals surface area contributed by atoms with Crippen LogP contribution in [0.2, 0.25) is 0 Å². The normalized spacial score (nSPS) is 14.8.